The molecule has 1 N–H and O–H groups in total. The van der Waals surface area contributed by atoms with Crippen molar-refractivity contribution in [2.45, 2.75) is 52.0 Å². The van der Waals surface area contributed by atoms with Gasteiger partial charge in [0, 0.05) is 24.1 Å². The number of carbonyl (C=O) groups excluding carboxylic acids is 1. The van der Waals surface area contributed by atoms with E-state index in [4.69, 9.17) is 14.0 Å². The van der Waals surface area contributed by atoms with Crippen molar-refractivity contribution < 1.29 is 32.0 Å². The molecule has 1 saturated heterocycles. The van der Waals surface area contributed by atoms with E-state index in [0.717, 1.165) is 13.1 Å². The van der Waals surface area contributed by atoms with E-state index in [9.17, 15) is 18.0 Å². The number of alkyl halides is 3. The molecule has 0 aliphatic carbocycles. The number of aromatic nitrogens is 2. The molecule has 0 saturated carbocycles. The molecular weight excluding hydrogens is 414 g/mol. The van der Waals surface area contributed by atoms with Crippen LogP contribution in [0.5, 0.6) is 5.75 Å². The minimum absolute atomic E-state index is 0.197. The second kappa shape index (κ2) is 7.87. The van der Waals surface area contributed by atoms with Crippen molar-refractivity contribution in [2.75, 3.05) is 11.9 Å². The first-order valence-corrected chi connectivity index (χ1v) is 9.80. The summed E-state index contributed by atoms with van der Waals surface area (Å²) in [5, 5.41) is 6.09. The van der Waals surface area contributed by atoms with Gasteiger partial charge in [-0.05, 0) is 46.8 Å². The first-order chi connectivity index (χ1) is 14.2. The Morgan fingerprint density at radius 1 is 1.19 bits per heavy atom. The quantitative estimate of drug-likeness (QED) is 0.724. The Hall–Kier alpha value is -2.53. The van der Waals surface area contributed by atoms with Gasteiger partial charge in [-0.1, -0.05) is 6.07 Å². The Morgan fingerprint density at radius 2 is 1.81 bits per heavy atom. The van der Waals surface area contributed by atoms with Crippen LogP contribution >= 0.6 is 0 Å². The molecular formula is C20H25BF3N3O4. The Balaban J connectivity index is 1.85. The molecule has 31 heavy (non-hydrogen) atoms. The summed E-state index contributed by atoms with van der Waals surface area (Å²) in [6, 6.07) is 5.47. The lowest BCUT2D eigenvalue weighted by Crippen LogP contribution is -2.41. The highest BCUT2D eigenvalue weighted by Gasteiger charge is 2.52. The lowest BCUT2D eigenvalue weighted by molar-refractivity contribution is -0.143. The predicted octanol–water partition coefficient (Wildman–Crippen LogP) is 3.39. The average Bonchev–Trinajstić information content (AvgIpc) is 3.10. The number of rotatable bonds is 5. The van der Waals surface area contributed by atoms with Crippen LogP contribution in [0.1, 0.15) is 50.7 Å². The van der Waals surface area contributed by atoms with E-state index in [0.29, 0.717) is 22.5 Å². The van der Waals surface area contributed by atoms with Crippen LogP contribution in [0.25, 0.3) is 0 Å². The predicted molar refractivity (Wildman–Crippen MR) is 109 cm³/mol. The molecule has 1 aromatic carbocycles. The topological polar surface area (TPSA) is 74.6 Å². The molecule has 1 fully saturated rings. The molecule has 168 valence electrons. The number of benzene rings is 1. The number of aryl methyl sites for hydroxylation is 1. The maximum atomic E-state index is 12.9. The van der Waals surface area contributed by atoms with Crippen LogP contribution in [0.2, 0.25) is 0 Å². The standard InChI is InChI=1S/C20H25BF3N3O4/c1-7-29-14-10-12(8-9-13(14)21-30-18(2,3)19(4,5)31-21)17(28)25-16-11-15(20(22,23)24)27(6)26-16/h8-11H,7H2,1-6H3,(H,25,26,28). The number of amides is 1. The highest BCUT2D eigenvalue weighted by Crippen LogP contribution is 2.37. The minimum atomic E-state index is -4.57. The van der Waals surface area contributed by atoms with Crippen LogP contribution in [-0.2, 0) is 22.5 Å². The Labute approximate surface area is 179 Å². The van der Waals surface area contributed by atoms with Crippen LogP contribution in [0.3, 0.4) is 0 Å². The van der Waals surface area contributed by atoms with Gasteiger partial charge in [-0.2, -0.15) is 18.3 Å². The lowest BCUT2D eigenvalue weighted by Gasteiger charge is -2.32. The largest absolute Gasteiger partial charge is 0.498 e. The molecule has 0 spiro atoms. The van der Waals surface area contributed by atoms with Gasteiger partial charge in [0.15, 0.2) is 5.82 Å². The summed E-state index contributed by atoms with van der Waals surface area (Å²) in [7, 11) is 0.471. The van der Waals surface area contributed by atoms with E-state index < -0.39 is 36.1 Å². The third-order valence-electron chi connectivity index (χ3n) is 5.49. The number of halogens is 3. The van der Waals surface area contributed by atoms with Crippen LogP contribution in [-0.4, -0.2) is 40.6 Å². The molecule has 0 bridgehead atoms. The number of anilines is 1. The lowest BCUT2D eigenvalue weighted by atomic mass is 9.78. The second-order valence-electron chi connectivity index (χ2n) is 8.26. The average molecular weight is 439 g/mol. The number of hydrogen-bond donors (Lipinski definition) is 1. The van der Waals surface area contributed by atoms with E-state index in [-0.39, 0.29) is 11.4 Å². The smallest absolute Gasteiger partial charge is 0.494 e. The van der Waals surface area contributed by atoms with Gasteiger partial charge in [0.2, 0.25) is 0 Å². The van der Waals surface area contributed by atoms with Gasteiger partial charge in [0.05, 0.1) is 17.8 Å². The van der Waals surface area contributed by atoms with Crippen LogP contribution in [0, 0.1) is 0 Å². The van der Waals surface area contributed by atoms with Crippen molar-refractivity contribution in [1.82, 2.24) is 9.78 Å². The Kier molecular flexibility index (Phi) is 5.87. The number of nitrogens with zero attached hydrogens (tertiary/aromatic N) is 2. The van der Waals surface area contributed by atoms with Gasteiger partial charge in [0.25, 0.3) is 5.91 Å². The van der Waals surface area contributed by atoms with Gasteiger partial charge in [0.1, 0.15) is 11.4 Å². The third kappa shape index (κ3) is 4.57. The normalized spacial score (nSPS) is 17.6. The monoisotopic (exact) mass is 439 g/mol. The third-order valence-corrected chi connectivity index (χ3v) is 5.49. The summed E-state index contributed by atoms with van der Waals surface area (Å²) in [6.45, 7) is 9.85. The summed E-state index contributed by atoms with van der Waals surface area (Å²) >= 11 is 0. The van der Waals surface area contributed by atoms with Gasteiger partial charge < -0.3 is 19.4 Å². The van der Waals surface area contributed by atoms with Crippen molar-refractivity contribution in [1.29, 1.82) is 0 Å². The van der Waals surface area contributed by atoms with E-state index in [1.165, 1.54) is 12.1 Å². The molecule has 1 amide bonds. The first-order valence-electron chi connectivity index (χ1n) is 9.80. The number of nitrogens with one attached hydrogen (secondary N) is 1. The van der Waals surface area contributed by atoms with Gasteiger partial charge in [-0.25, -0.2) is 0 Å². The van der Waals surface area contributed by atoms with Crippen molar-refractivity contribution >= 4 is 24.3 Å². The summed E-state index contributed by atoms with van der Waals surface area (Å²) in [5.74, 6) is -0.424. The van der Waals surface area contributed by atoms with E-state index in [1.807, 2.05) is 27.7 Å². The molecule has 7 nitrogen and oxygen atoms in total. The van der Waals surface area contributed by atoms with E-state index >= 15 is 0 Å². The highest BCUT2D eigenvalue weighted by molar-refractivity contribution is 6.63. The summed E-state index contributed by atoms with van der Waals surface area (Å²) in [4.78, 5) is 12.6. The van der Waals surface area contributed by atoms with E-state index in [1.54, 1.807) is 13.0 Å². The van der Waals surface area contributed by atoms with Crippen LogP contribution < -0.4 is 15.5 Å². The molecule has 1 aromatic heterocycles. The SMILES string of the molecule is CCOc1cc(C(=O)Nc2cc(C(F)(F)F)n(C)n2)ccc1B1OC(C)(C)C(C)(C)O1. The molecule has 2 aromatic rings. The summed E-state index contributed by atoms with van der Waals surface area (Å²) < 4.78 is 57.3. The van der Waals surface area contributed by atoms with Crippen LogP contribution in [0.15, 0.2) is 24.3 Å². The fourth-order valence-electron chi connectivity index (χ4n) is 3.10. The Morgan fingerprint density at radius 3 is 2.32 bits per heavy atom. The molecule has 0 radical (unpaired) electrons. The van der Waals surface area contributed by atoms with Crippen molar-refractivity contribution in [3.05, 3.63) is 35.5 Å². The number of hydrogen-bond acceptors (Lipinski definition) is 5. The first kappa shape index (κ1) is 23.1. The number of ether oxygens (including phenoxy) is 1. The zero-order chi connectivity index (χ0) is 23.2. The molecule has 1 aliphatic heterocycles. The molecule has 3 rings (SSSR count). The fourth-order valence-corrected chi connectivity index (χ4v) is 3.10. The molecule has 11 heteroatoms. The van der Waals surface area contributed by atoms with Gasteiger partial charge in [-0.3, -0.25) is 9.48 Å². The molecule has 1 aliphatic rings. The van der Waals surface area contributed by atoms with Crippen molar-refractivity contribution in [2.24, 2.45) is 7.05 Å². The van der Waals surface area contributed by atoms with Gasteiger partial charge >= 0.3 is 13.3 Å². The molecule has 0 atom stereocenters. The zero-order valence-corrected chi connectivity index (χ0v) is 18.3. The molecule has 2 heterocycles. The van der Waals surface area contributed by atoms with Crippen molar-refractivity contribution in [3.8, 4) is 5.75 Å². The maximum absolute atomic E-state index is 12.9. The fraction of sp³-hybridized carbons (Fsp3) is 0.500. The summed E-state index contributed by atoms with van der Waals surface area (Å²) in [5.41, 5.74) is -1.25. The zero-order valence-electron chi connectivity index (χ0n) is 18.3. The Bertz CT molecular complexity index is 973. The molecule has 0 unspecified atom stereocenters. The maximum Gasteiger partial charge on any atom is 0.498 e. The summed E-state index contributed by atoms with van der Waals surface area (Å²) in [6.07, 6.45) is -4.57. The minimum Gasteiger partial charge on any atom is -0.494 e. The highest BCUT2D eigenvalue weighted by atomic mass is 19.4. The van der Waals surface area contributed by atoms with E-state index in [2.05, 4.69) is 10.4 Å². The second-order valence-corrected chi connectivity index (χ2v) is 8.26. The van der Waals surface area contributed by atoms with Crippen LogP contribution in [0.4, 0.5) is 19.0 Å². The van der Waals surface area contributed by atoms with Gasteiger partial charge in [-0.15, -0.1) is 0 Å². The van der Waals surface area contributed by atoms with Crippen molar-refractivity contribution in [3.63, 3.8) is 0 Å². The number of carbonyl (C=O) groups is 1.